The Kier molecular flexibility index (Phi) is 6.55. The summed E-state index contributed by atoms with van der Waals surface area (Å²) in [5.74, 6) is -1.71. The molecule has 0 bridgehead atoms. The van der Waals surface area contributed by atoms with Crippen molar-refractivity contribution in [1.29, 1.82) is 0 Å². The van der Waals surface area contributed by atoms with Crippen LogP contribution >= 0.6 is 0 Å². The molecule has 0 aromatic heterocycles. The molecule has 9 heteroatoms. The van der Waals surface area contributed by atoms with Crippen LogP contribution in [-0.4, -0.2) is 37.2 Å². The third-order valence-corrected chi connectivity index (χ3v) is 2.66. The van der Waals surface area contributed by atoms with E-state index in [4.69, 9.17) is 0 Å². The number of hydrogen-bond acceptors (Lipinski definition) is 4. The third kappa shape index (κ3) is 7.84. The first kappa shape index (κ1) is 18.5. The molecule has 1 rings (SSSR count). The minimum Gasteiger partial charge on any atom is -0.455 e. The van der Waals surface area contributed by atoms with Crippen molar-refractivity contribution in [2.24, 2.45) is 0 Å². The molecule has 2 N–H and O–H groups in total. The highest BCUT2D eigenvalue weighted by Gasteiger charge is 2.28. The van der Waals surface area contributed by atoms with Gasteiger partial charge in [0.1, 0.15) is 6.54 Å². The molecule has 1 aromatic rings. The number of carbonyl (C=O) groups is 3. The number of rotatable bonds is 5. The fourth-order valence-corrected chi connectivity index (χ4v) is 1.55. The van der Waals surface area contributed by atoms with Crippen molar-refractivity contribution in [3.63, 3.8) is 0 Å². The molecular formula is C14H15F3N2O4. The molecule has 3 amide bonds. The lowest BCUT2D eigenvalue weighted by atomic mass is 10.1. The maximum atomic E-state index is 11.9. The lowest BCUT2D eigenvalue weighted by molar-refractivity contribution is -0.147. The lowest BCUT2D eigenvalue weighted by Crippen LogP contribution is -2.44. The van der Waals surface area contributed by atoms with Gasteiger partial charge in [-0.3, -0.25) is 14.9 Å². The number of aryl methyl sites for hydroxylation is 1. The van der Waals surface area contributed by atoms with Crippen molar-refractivity contribution < 1.29 is 32.3 Å². The van der Waals surface area contributed by atoms with Crippen LogP contribution in [0.1, 0.15) is 11.1 Å². The average Bonchev–Trinajstić information content (AvgIpc) is 2.45. The summed E-state index contributed by atoms with van der Waals surface area (Å²) in [6, 6.07) is 5.76. The van der Waals surface area contributed by atoms with Gasteiger partial charge in [-0.1, -0.05) is 24.3 Å². The zero-order valence-corrected chi connectivity index (χ0v) is 12.2. The van der Waals surface area contributed by atoms with Crippen LogP contribution in [0.15, 0.2) is 24.3 Å². The Morgan fingerprint density at radius 1 is 1.17 bits per heavy atom. The first-order valence-electron chi connectivity index (χ1n) is 6.52. The molecule has 0 atom stereocenters. The number of benzene rings is 1. The van der Waals surface area contributed by atoms with E-state index in [0.717, 1.165) is 11.1 Å². The van der Waals surface area contributed by atoms with Crippen molar-refractivity contribution in [3.8, 4) is 0 Å². The van der Waals surface area contributed by atoms with Crippen molar-refractivity contribution in [3.05, 3.63) is 35.4 Å². The molecule has 0 spiro atoms. The molecule has 6 nitrogen and oxygen atoms in total. The number of carbonyl (C=O) groups excluding carboxylic acids is 3. The molecule has 0 heterocycles. The zero-order chi connectivity index (χ0) is 17.5. The van der Waals surface area contributed by atoms with Crippen LogP contribution in [0.3, 0.4) is 0 Å². The molecule has 0 saturated carbocycles. The molecule has 0 radical (unpaired) electrons. The molecule has 0 unspecified atom stereocenters. The number of amides is 3. The Bertz CT molecular complexity index is 588. The Morgan fingerprint density at radius 3 is 2.43 bits per heavy atom. The maximum Gasteiger partial charge on any atom is 0.405 e. The summed E-state index contributed by atoms with van der Waals surface area (Å²) >= 11 is 0. The summed E-state index contributed by atoms with van der Waals surface area (Å²) in [7, 11) is 0. The summed E-state index contributed by atoms with van der Waals surface area (Å²) in [5.41, 5.74) is 1.60. The molecule has 23 heavy (non-hydrogen) atoms. The summed E-state index contributed by atoms with van der Waals surface area (Å²) in [5, 5.41) is 3.07. The maximum absolute atomic E-state index is 11.9. The molecule has 0 aliphatic carbocycles. The Hall–Kier alpha value is -2.58. The molecule has 126 valence electrons. The number of alkyl halides is 3. The number of halogens is 3. The van der Waals surface area contributed by atoms with Crippen molar-refractivity contribution in [2.45, 2.75) is 19.5 Å². The van der Waals surface area contributed by atoms with E-state index in [9.17, 15) is 27.6 Å². The number of esters is 1. The van der Waals surface area contributed by atoms with E-state index in [-0.39, 0.29) is 6.42 Å². The molecule has 0 saturated heterocycles. The standard InChI is InChI=1S/C14H15F3N2O4/c1-9-4-2-3-5-10(9)6-12(21)23-7-11(20)19-13(22)18-8-14(15,16)17/h2-5H,6-8H2,1H3,(H2,18,19,20,22). The smallest absolute Gasteiger partial charge is 0.405 e. The van der Waals surface area contributed by atoms with Crippen LogP contribution in [0, 0.1) is 6.92 Å². The van der Waals surface area contributed by atoms with E-state index in [1.165, 1.54) is 5.32 Å². The minimum atomic E-state index is -4.58. The van der Waals surface area contributed by atoms with Gasteiger partial charge < -0.3 is 10.1 Å². The van der Waals surface area contributed by atoms with E-state index in [0.29, 0.717) is 0 Å². The van der Waals surface area contributed by atoms with Crippen LogP contribution in [0.25, 0.3) is 0 Å². The van der Waals surface area contributed by atoms with Crippen LogP contribution in [0.2, 0.25) is 0 Å². The van der Waals surface area contributed by atoms with Gasteiger partial charge in [0.15, 0.2) is 6.61 Å². The second kappa shape index (κ2) is 8.16. The van der Waals surface area contributed by atoms with Crippen LogP contribution < -0.4 is 10.6 Å². The van der Waals surface area contributed by atoms with Crippen LogP contribution in [-0.2, 0) is 20.7 Å². The zero-order valence-electron chi connectivity index (χ0n) is 12.2. The van der Waals surface area contributed by atoms with Gasteiger partial charge in [0.05, 0.1) is 6.42 Å². The highest BCUT2D eigenvalue weighted by molar-refractivity contribution is 5.95. The highest BCUT2D eigenvalue weighted by atomic mass is 19.4. The van der Waals surface area contributed by atoms with E-state index < -0.39 is 37.2 Å². The topological polar surface area (TPSA) is 84.5 Å². The predicted molar refractivity (Wildman–Crippen MR) is 73.4 cm³/mol. The normalized spacial score (nSPS) is 10.8. The molecule has 0 aliphatic rings. The van der Waals surface area contributed by atoms with Gasteiger partial charge in [-0.25, -0.2) is 4.79 Å². The molecule has 1 aromatic carbocycles. The second-order valence-corrected chi connectivity index (χ2v) is 4.61. The lowest BCUT2D eigenvalue weighted by Gasteiger charge is -2.09. The fraction of sp³-hybridized carbons (Fsp3) is 0.357. The van der Waals surface area contributed by atoms with E-state index in [1.54, 1.807) is 36.5 Å². The molecule has 0 fully saturated rings. The Labute approximate surface area is 130 Å². The van der Waals surface area contributed by atoms with Crippen molar-refractivity contribution in [1.82, 2.24) is 10.6 Å². The average molecular weight is 332 g/mol. The first-order valence-corrected chi connectivity index (χ1v) is 6.52. The summed E-state index contributed by atoms with van der Waals surface area (Å²) < 4.78 is 40.2. The Morgan fingerprint density at radius 2 is 1.83 bits per heavy atom. The van der Waals surface area contributed by atoms with Gasteiger partial charge in [0.25, 0.3) is 5.91 Å². The van der Waals surface area contributed by atoms with Crippen LogP contribution in [0.5, 0.6) is 0 Å². The number of ether oxygens (including phenoxy) is 1. The SMILES string of the molecule is Cc1ccccc1CC(=O)OCC(=O)NC(=O)NCC(F)(F)F. The summed E-state index contributed by atoms with van der Waals surface area (Å²) in [6.07, 6.45) is -4.64. The van der Waals surface area contributed by atoms with Gasteiger partial charge in [0, 0.05) is 0 Å². The quantitative estimate of drug-likeness (QED) is 0.800. The van der Waals surface area contributed by atoms with E-state index in [2.05, 4.69) is 4.74 Å². The molecule has 0 aliphatic heterocycles. The summed E-state index contributed by atoms with van der Waals surface area (Å²) in [6.45, 7) is -0.524. The first-order chi connectivity index (χ1) is 10.7. The second-order valence-electron chi connectivity index (χ2n) is 4.61. The van der Waals surface area contributed by atoms with E-state index >= 15 is 0 Å². The van der Waals surface area contributed by atoms with Crippen molar-refractivity contribution in [2.75, 3.05) is 13.2 Å². The number of hydrogen-bond donors (Lipinski definition) is 2. The van der Waals surface area contributed by atoms with Gasteiger partial charge in [0.2, 0.25) is 0 Å². The Balaban J connectivity index is 2.31. The van der Waals surface area contributed by atoms with E-state index in [1.807, 2.05) is 0 Å². The number of urea groups is 1. The fourth-order valence-electron chi connectivity index (χ4n) is 1.55. The largest absolute Gasteiger partial charge is 0.455 e. The van der Waals surface area contributed by atoms with Gasteiger partial charge in [-0.05, 0) is 18.1 Å². The third-order valence-electron chi connectivity index (χ3n) is 2.66. The summed E-state index contributed by atoms with van der Waals surface area (Å²) in [4.78, 5) is 33.8. The number of imide groups is 1. The predicted octanol–water partition coefficient (Wildman–Crippen LogP) is 1.47. The van der Waals surface area contributed by atoms with Gasteiger partial charge in [-0.15, -0.1) is 0 Å². The highest BCUT2D eigenvalue weighted by Crippen LogP contribution is 2.12. The van der Waals surface area contributed by atoms with Gasteiger partial charge in [-0.2, -0.15) is 13.2 Å². The van der Waals surface area contributed by atoms with Crippen molar-refractivity contribution >= 4 is 17.9 Å². The monoisotopic (exact) mass is 332 g/mol. The van der Waals surface area contributed by atoms with Crippen LogP contribution in [0.4, 0.5) is 18.0 Å². The number of nitrogens with one attached hydrogen (secondary N) is 2. The van der Waals surface area contributed by atoms with Gasteiger partial charge >= 0.3 is 18.2 Å². The molecular weight excluding hydrogens is 317 g/mol. The minimum absolute atomic E-state index is 0.0553.